The van der Waals surface area contributed by atoms with Crippen molar-refractivity contribution in [2.75, 3.05) is 25.4 Å². The Morgan fingerprint density at radius 1 is 1.10 bits per heavy atom. The van der Waals surface area contributed by atoms with E-state index in [9.17, 15) is 4.79 Å². The van der Waals surface area contributed by atoms with Gasteiger partial charge in [-0.3, -0.25) is 14.7 Å². The van der Waals surface area contributed by atoms with Crippen LogP contribution in [0.1, 0.15) is 15.9 Å². The second-order valence-electron chi connectivity index (χ2n) is 6.68. The molecule has 31 heavy (non-hydrogen) atoms. The number of pyridine rings is 1. The molecular formula is C23H21N3O3S2. The Morgan fingerprint density at radius 2 is 1.87 bits per heavy atom. The van der Waals surface area contributed by atoms with Crippen LogP contribution in [0.5, 0.6) is 11.5 Å². The predicted octanol–water partition coefficient (Wildman–Crippen LogP) is 5.28. The van der Waals surface area contributed by atoms with Crippen molar-refractivity contribution in [1.29, 1.82) is 0 Å². The number of ether oxygens (including phenoxy) is 2. The minimum Gasteiger partial charge on any atom is -0.497 e. The highest BCUT2D eigenvalue weighted by molar-refractivity contribution is 7.98. The quantitative estimate of drug-likeness (QED) is 0.356. The van der Waals surface area contributed by atoms with Crippen LogP contribution in [0.25, 0.3) is 10.2 Å². The van der Waals surface area contributed by atoms with E-state index in [2.05, 4.69) is 11.1 Å². The normalized spacial score (nSPS) is 10.8. The molecule has 0 aliphatic carbocycles. The van der Waals surface area contributed by atoms with E-state index in [1.807, 2.05) is 30.5 Å². The summed E-state index contributed by atoms with van der Waals surface area (Å²) in [6.45, 7) is 0.349. The first kappa shape index (κ1) is 21.1. The minimum atomic E-state index is -0.190. The van der Waals surface area contributed by atoms with Crippen LogP contribution >= 0.6 is 23.1 Å². The van der Waals surface area contributed by atoms with Gasteiger partial charge in [-0.05, 0) is 48.2 Å². The molecule has 8 heteroatoms. The number of thiazole rings is 1. The summed E-state index contributed by atoms with van der Waals surface area (Å²) in [6, 6.07) is 15.1. The van der Waals surface area contributed by atoms with Crippen molar-refractivity contribution in [1.82, 2.24) is 9.97 Å². The molecule has 2 aromatic heterocycles. The molecule has 0 saturated heterocycles. The van der Waals surface area contributed by atoms with Crippen LogP contribution in [0.4, 0.5) is 5.13 Å². The largest absolute Gasteiger partial charge is 0.497 e. The van der Waals surface area contributed by atoms with Gasteiger partial charge in [-0.2, -0.15) is 0 Å². The van der Waals surface area contributed by atoms with Gasteiger partial charge in [0.15, 0.2) is 5.13 Å². The topological polar surface area (TPSA) is 64.6 Å². The number of thioether (sulfide) groups is 1. The molecule has 0 spiro atoms. The molecular weight excluding hydrogens is 430 g/mol. The number of carbonyl (C=O) groups excluding carboxylic acids is 1. The number of carbonyl (C=O) groups is 1. The van der Waals surface area contributed by atoms with Crippen LogP contribution in [0.15, 0.2) is 65.8 Å². The Bertz CT molecular complexity index is 1190. The number of nitrogens with zero attached hydrogens (tertiary/aromatic N) is 3. The zero-order chi connectivity index (χ0) is 21.8. The van der Waals surface area contributed by atoms with Gasteiger partial charge >= 0.3 is 0 Å². The van der Waals surface area contributed by atoms with Crippen LogP contribution in [-0.2, 0) is 6.54 Å². The maximum absolute atomic E-state index is 13.6. The Labute approximate surface area is 188 Å². The molecule has 0 N–H and O–H groups in total. The lowest BCUT2D eigenvalue weighted by atomic mass is 10.1. The SMILES string of the molecule is COc1cc(OC)cc(C(=O)N(Cc2cccnc2)c2nc3ccc(SC)cc3s2)c1. The first-order valence-corrected chi connectivity index (χ1v) is 11.5. The summed E-state index contributed by atoms with van der Waals surface area (Å²) >= 11 is 3.17. The Hall–Kier alpha value is -3.10. The number of benzene rings is 2. The van der Waals surface area contributed by atoms with Crippen LogP contribution in [0.2, 0.25) is 0 Å². The zero-order valence-corrected chi connectivity index (χ0v) is 19.0. The van der Waals surface area contributed by atoms with E-state index in [0.29, 0.717) is 28.7 Å². The number of aromatic nitrogens is 2. The summed E-state index contributed by atoms with van der Waals surface area (Å²) in [5.74, 6) is 0.918. The zero-order valence-electron chi connectivity index (χ0n) is 17.4. The summed E-state index contributed by atoms with van der Waals surface area (Å²) in [6.07, 6.45) is 5.51. The van der Waals surface area contributed by atoms with Gasteiger partial charge in [0.1, 0.15) is 11.5 Å². The number of amides is 1. The maximum Gasteiger partial charge on any atom is 0.260 e. The number of hydrogen-bond acceptors (Lipinski definition) is 7. The van der Waals surface area contributed by atoms with Crippen molar-refractivity contribution in [2.24, 2.45) is 0 Å². The molecule has 1 amide bonds. The second-order valence-corrected chi connectivity index (χ2v) is 8.57. The van der Waals surface area contributed by atoms with Crippen LogP contribution in [0.3, 0.4) is 0 Å². The van der Waals surface area contributed by atoms with E-state index in [4.69, 9.17) is 14.5 Å². The van der Waals surface area contributed by atoms with Crippen molar-refractivity contribution < 1.29 is 14.3 Å². The molecule has 0 saturated carbocycles. The van der Waals surface area contributed by atoms with Crippen molar-refractivity contribution in [2.45, 2.75) is 11.4 Å². The number of fused-ring (bicyclic) bond motifs is 1. The fourth-order valence-electron chi connectivity index (χ4n) is 3.12. The average molecular weight is 452 g/mol. The van der Waals surface area contributed by atoms with Crippen molar-refractivity contribution in [3.05, 3.63) is 72.1 Å². The van der Waals surface area contributed by atoms with Gasteiger partial charge in [-0.15, -0.1) is 11.8 Å². The lowest BCUT2D eigenvalue weighted by Gasteiger charge is -2.20. The van der Waals surface area contributed by atoms with Gasteiger partial charge in [0, 0.05) is 28.9 Å². The molecule has 2 aromatic carbocycles. The summed E-state index contributed by atoms with van der Waals surface area (Å²) in [5, 5.41) is 0.629. The maximum atomic E-state index is 13.6. The summed E-state index contributed by atoms with van der Waals surface area (Å²) in [5.41, 5.74) is 2.24. The Morgan fingerprint density at radius 3 is 2.52 bits per heavy atom. The first-order chi connectivity index (χ1) is 15.1. The third kappa shape index (κ3) is 4.65. The molecule has 0 fully saturated rings. The van der Waals surface area contributed by atoms with Crippen LogP contribution < -0.4 is 14.4 Å². The standard InChI is InChI=1S/C23H21N3O3S2/c1-28-17-9-16(10-18(11-17)29-2)22(27)26(14-15-5-4-8-24-13-15)23-25-20-7-6-19(30-3)12-21(20)31-23/h4-13H,14H2,1-3H3. The molecule has 0 aliphatic heterocycles. The predicted molar refractivity (Wildman–Crippen MR) is 126 cm³/mol. The highest BCUT2D eigenvalue weighted by Crippen LogP contribution is 2.34. The van der Waals surface area contributed by atoms with Crippen molar-refractivity contribution in [3.8, 4) is 11.5 Å². The fourth-order valence-corrected chi connectivity index (χ4v) is 4.64. The third-order valence-corrected chi connectivity index (χ3v) is 6.49. The number of methoxy groups -OCH3 is 2. The van der Waals surface area contributed by atoms with Gasteiger partial charge in [0.25, 0.3) is 5.91 Å². The highest BCUT2D eigenvalue weighted by Gasteiger charge is 2.23. The van der Waals surface area contributed by atoms with E-state index < -0.39 is 0 Å². The van der Waals surface area contributed by atoms with E-state index >= 15 is 0 Å². The molecule has 0 aliphatic rings. The highest BCUT2D eigenvalue weighted by atomic mass is 32.2. The third-order valence-electron chi connectivity index (χ3n) is 4.72. The first-order valence-electron chi connectivity index (χ1n) is 9.49. The Kier molecular flexibility index (Phi) is 6.39. The lowest BCUT2D eigenvalue weighted by molar-refractivity contribution is 0.0984. The van der Waals surface area contributed by atoms with Crippen LogP contribution in [0, 0.1) is 0 Å². The number of anilines is 1. The summed E-state index contributed by atoms with van der Waals surface area (Å²) in [4.78, 5) is 25.4. The number of hydrogen-bond donors (Lipinski definition) is 0. The Balaban J connectivity index is 1.78. The molecule has 4 rings (SSSR count). The van der Waals surface area contributed by atoms with E-state index in [0.717, 1.165) is 20.7 Å². The van der Waals surface area contributed by atoms with Gasteiger partial charge in [0.05, 0.1) is 31.0 Å². The van der Waals surface area contributed by atoms with Gasteiger partial charge in [0.2, 0.25) is 0 Å². The molecule has 0 bridgehead atoms. The van der Waals surface area contributed by atoms with Gasteiger partial charge in [-0.1, -0.05) is 17.4 Å². The fraction of sp³-hybridized carbons (Fsp3) is 0.174. The number of rotatable bonds is 7. The van der Waals surface area contributed by atoms with E-state index in [1.165, 1.54) is 11.3 Å². The summed E-state index contributed by atoms with van der Waals surface area (Å²) < 4.78 is 11.7. The molecule has 158 valence electrons. The molecule has 0 radical (unpaired) electrons. The summed E-state index contributed by atoms with van der Waals surface area (Å²) in [7, 11) is 3.13. The van der Waals surface area contributed by atoms with Gasteiger partial charge in [-0.25, -0.2) is 4.98 Å². The second kappa shape index (κ2) is 9.36. The molecule has 4 aromatic rings. The molecule has 0 unspecified atom stereocenters. The smallest absolute Gasteiger partial charge is 0.260 e. The molecule has 6 nitrogen and oxygen atoms in total. The van der Waals surface area contributed by atoms with E-state index in [1.54, 1.807) is 61.5 Å². The monoisotopic (exact) mass is 451 g/mol. The molecule has 2 heterocycles. The van der Waals surface area contributed by atoms with Crippen LogP contribution in [-0.4, -0.2) is 36.4 Å². The minimum absolute atomic E-state index is 0.190. The molecule has 0 atom stereocenters. The lowest BCUT2D eigenvalue weighted by Crippen LogP contribution is -2.30. The van der Waals surface area contributed by atoms with Gasteiger partial charge < -0.3 is 9.47 Å². The average Bonchev–Trinajstić information content (AvgIpc) is 3.25. The van der Waals surface area contributed by atoms with E-state index in [-0.39, 0.29) is 5.91 Å². The van der Waals surface area contributed by atoms with Crippen molar-refractivity contribution >= 4 is 44.4 Å². The van der Waals surface area contributed by atoms with Crippen molar-refractivity contribution in [3.63, 3.8) is 0 Å².